The van der Waals surface area contributed by atoms with Crippen LogP contribution in [0.5, 0.6) is 0 Å². The summed E-state index contributed by atoms with van der Waals surface area (Å²) < 4.78 is 0. The summed E-state index contributed by atoms with van der Waals surface area (Å²) in [6, 6.07) is 10.8. The Morgan fingerprint density at radius 1 is 1.12 bits per heavy atom. The molecular weight excluding hydrogens is 210 g/mol. The van der Waals surface area contributed by atoms with Crippen molar-refractivity contribution in [2.75, 3.05) is 6.54 Å². The molecule has 0 amide bonds. The second-order valence-corrected chi connectivity index (χ2v) is 5.49. The minimum absolute atomic E-state index is 0.396. The summed E-state index contributed by atoms with van der Waals surface area (Å²) in [6.45, 7) is 0.937. The molecule has 0 bridgehead atoms. The van der Waals surface area contributed by atoms with E-state index in [4.69, 9.17) is 0 Å². The van der Waals surface area contributed by atoms with Crippen LogP contribution in [0.3, 0.4) is 0 Å². The monoisotopic (exact) mass is 231 g/mol. The Balaban J connectivity index is 1.94. The van der Waals surface area contributed by atoms with E-state index in [1.165, 1.54) is 19.3 Å². The van der Waals surface area contributed by atoms with Gasteiger partial charge in [-0.25, -0.2) is 0 Å². The van der Waals surface area contributed by atoms with Gasteiger partial charge >= 0.3 is 0 Å². The van der Waals surface area contributed by atoms with Gasteiger partial charge in [0.15, 0.2) is 0 Å². The molecule has 1 aliphatic heterocycles. The third-order valence-corrected chi connectivity index (χ3v) is 4.57. The molecular formula is C15H21NO. The largest absolute Gasteiger partial charge is 0.385 e. The van der Waals surface area contributed by atoms with E-state index in [0.717, 1.165) is 24.9 Å². The summed E-state index contributed by atoms with van der Waals surface area (Å²) >= 11 is 0. The minimum Gasteiger partial charge on any atom is -0.385 e. The lowest BCUT2D eigenvalue weighted by Crippen LogP contribution is -2.55. The number of aliphatic hydroxyl groups is 1. The summed E-state index contributed by atoms with van der Waals surface area (Å²) in [6.07, 6.45) is 5.79. The van der Waals surface area contributed by atoms with Crippen LogP contribution in [0.15, 0.2) is 30.3 Å². The smallest absolute Gasteiger partial charge is 0.0951 e. The van der Waals surface area contributed by atoms with Gasteiger partial charge < -0.3 is 10.4 Å². The van der Waals surface area contributed by atoms with Gasteiger partial charge in [0.25, 0.3) is 0 Å². The SMILES string of the molecule is O[C@]1(c2ccccc2)CCN[C@H]2CCCC[C@@H]21. The van der Waals surface area contributed by atoms with Crippen LogP contribution >= 0.6 is 0 Å². The maximum atomic E-state index is 11.1. The quantitative estimate of drug-likeness (QED) is 0.778. The molecule has 2 aliphatic rings. The molecule has 1 saturated heterocycles. The molecule has 0 aromatic heterocycles. The Hall–Kier alpha value is -0.860. The number of hydrogen-bond donors (Lipinski definition) is 2. The lowest BCUT2D eigenvalue weighted by Gasteiger charge is -2.48. The summed E-state index contributed by atoms with van der Waals surface area (Å²) in [5.41, 5.74) is 0.510. The van der Waals surface area contributed by atoms with E-state index >= 15 is 0 Å². The number of hydrogen-bond acceptors (Lipinski definition) is 2. The summed E-state index contributed by atoms with van der Waals surface area (Å²) in [5, 5.41) is 14.7. The average Bonchev–Trinajstić information content (AvgIpc) is 2.40. The van der Waals surface area contributed by atoms with Crippen LogP contribution in [0.2, 0.25) is 0 Å². The molecule has 92 valence electrons. The van der Waals surface area contributed by atoms with Gasteiger partial charge in [0.1, 0.15) is 0 Å². The van der Waals surface area contributed by atoms with Gasteiger partial charge in [-0.3, -0.25) is 0 Å². The first-order valence-corrected chi connectivity index (χ1v) is 6.82. The molecule has 0 spiro atoms. The van der Waals surface area contributed by atoms with E-state index in [1.807, 2.05) is 18.2 Å². The first kappa shape index (κ1) is 11.2. The standard InChI is InChI=1S/C15H21NO/c17-15(12-6-2-1-3-7-12)10-11-16-14-9-5-4-8-13(14)15/h1-3,6-7,13-14,16-17H,4-5,8-11H2/t13-,14-,15-/m0/s1. The van der Waals surface area contributed by atoms with Crippen LogP contribution < -0.4 is 5.32 Å². The highest BCUT2D eigenvalue weighted by molar-refractivity contribution is 5.25. The van der Waals surface area contributed by atoms with E-state index in [-0.39, 0.29) is 0 Å². The number of benzene rings is 1. The van der Waals surface area contributed by atoms with Crippen molar-refractivity contribution in [3.63, 3.8) is 0 Å². The molecule has 1 aliphatic carbocycles. The lowest BCUT2D eigenvalue weighted by atomic mass is 9.67. The molecule has 1 saturated carbocycles. The van der Waals surface area contributed by atoms with Crippen LogP contribution in [-0.2, 0) is 5.60 Å². The molecule has 0 radical (unpaired) electrons. The molecule has 1 aromatic rings. The van der Waals surface area contributed by atoms with Crippen molar-refractivity contribution in [2.24, 2.45) is 5.92 Å². The number of piperidine rings is 1. The van der Waals surface area contributed by atoms with Crippen molar-refractivity contribution >= 4 is 0 Å². The number of rotatable bonds is 1. The third kappa shape index (κ3) is 1.90. The van der Waals surface area contributed by atoms with Crippen LogP contribution in [0.25, 0.3) is 0 Å². The molecule has 1 heterocycles. The van der Waals surface area contributed by atoms with Crippen LogP contribution in [0.1, 0.15) is 37.7 Å². The maximum absolute atomic E-state index is 11.1. The first-order valence-electron chi connectivity index (χ1n) is 6.82. The van der Waals surface area contributed by atoms with E-state index in [2.05, 4.69) is 17.4 Å². The fraction of sp³-hybridized carbons (Fsp3) is 0.600. The van der Waals surface area contributed by atoms with Gasteiger partial charge in [0, 0.05) is 12.0 Å². The predicted molar refractivity (Wildman–Crippen MR) is 68.7 cm³/mol. The van der Waals surface area contributed by atoms with Crippen molar-refractivity contribution in [3.8, 4) is 0 Å². The molecule has 1 aromatic carbocycles. The molecule has 3 rings (SSSR count). The second-order valence-electron chi connectivity index (χ2n) is 5.49. The molecule has 2 fully saturated rings. The van der Waals surface area contributed by atoms with Gasteiger partial charge in [0.05, 0.1) is 5.60 Å². The highest BCUT2D eigenvalue weighted by Gasteiger charge is 2.45. The number of fused-ring (bicyclic) bond motifs is 1. The maximum Gasteiger partial charge on any atom is 0.0951 e. The van der Waals surface area contributed by atoms with Gasteiger partial charge in [0.2, 0.25) is 0 Å². The summed E-state index contributed by atoms with van der Waals surface area (Å²) in [5.74, 6) is 0.396. The van der Waals surface area contributed by atoms with Crippen molar-refractivity contribution in [3.05, 3.63) is 35.9 Å². The van der Waals surface area contributed by atoms with Gasteiger partial charge in [-0.2, -0.15) is 0 Å². The first-order chi connectivity index (χ1) is 8.31. The van der Waals surface area contributed by atoms with Gasteiger partial charge in [-0.05, 0) is 31.4 Å². The Kier molecular flexibility index (Phi) is 2.93. The Bertz CT molecular complexity index is 376. The van der Waals surface area contributed by atoms with Gasteiger partial charge in [-0.1, -0.05) is 43.2 Å². The lowest BCUT2D eigenvalue weighted by molar-refractivity contribution is -0.0780. The zero-order chi connectivity index (χ0) is 11.7. The summed E-state index contributed by atoms with van der Waals surface area (Å²) in [7, 11) is 0. The number of nitrogens with one attached hydrogen (secondary N) is 1. The minimum atomic E-state index is -0.600. The predicted octanol–water partition coefficient (Wildman–Crippen LogP) is 2.43. The fourth-order valence-corrected chi connectivity index (χ4v) is 3.67. The van der Waals surface area contributed by atoms with E-state index < -0.39 is 5.60 Å². The fourth-order valence-electron chi connectivity index (χ4n) is 3.67. The van der Waals surface area contributed by atoms with Gasteiger partial charge in [-0.15, -0.1) is 0 Å². The normalized spacial score (nSPS) is 37.5. The Morgan fingerprint density at radius 2 is 1.88 bits per heavy atom. The van der Waals surface area contributed by atoms with Crippen molar-refractivity contribution < 1.29 is 5.11 Å². The topological polar surface area (TPSA) is 32.3 Å². The van der Waals surface area contributed by atoms with Crippen LogP contribution in [0, 0.1) is 5.92 Å². The highest BCUT2D eigenvalue weighted by Crippen LogP contribution is 2.43. The molecule has 2 N–H and O–H groups in total. The second kappa shape index (κ2) is 4.43. The van der Waals surface area contributed by atoms with E-state index in [0.29, 0.717) is 12.0 Å². The van der Waals surface area contributed by atoms with Crippen molar-refractivity contribution in [1.29, 1.82) is 0 Å². The Morgan fingerprint density at radius 3 is 2.71 bits per heavy atom. The molecule has 17 heavy (non-hydrogen) atoms. The molecule has 0 unspecified atom stereocenters. The van der Waals surface area contributed by atoms with E-state index in [1.54, 1.807) is 0 Å². The van der Waals surface area contributed by atoms with E-state index in [9.17, 15) is 5.11 Å². The zero-order valence-corrected chi connectivity index (χ0v) is 10.2. The molecule has 2 heteroatoms. The Labute approximate surface area is 103 Å². The van der Waals surface area contributed by atoms with Crippen LogP contribution in [0.4, 0.5) is 0 Å². The van der Waals surface area contributed by atoms with Crippen molar-refractivity contribution in [1.82, 2.24) is 5.32 Å². The molecule has 3 atom stereocenters. The van der Waals surface area contributed by atoms with Crippen LogP contribution in [-0.4, -0.2) is 17.7 Å². The van der Waals surface area contributed by atoms with Crippen molar-refractivity contribution in [2.45, 2.75) is 43.7 Å². The third-order valence-electron chi connectivity index (χ3n) is 4.57. The zero-order valence-electron chi connectivity index (χ0n) is 10.2. The highest BCUT2D eigenvalue weighted by atomic mass is 16.3. The summed E-state index contributed by atoms with van der Waals surface area (Å²) in [4.78, 5) is 0. The average molecular weight is 231 g/mol. The molecule has 2 nitrogen and oxygen atoms in total.